The predicted octanol–water partition coefficient (Wildman–Crippen LogP) is 3.91. The molecule has 0 aliphatic carbocycles. The monoisotopic (exact) mass is 204 g/mol. The molecule has 0 amide bonds. The summed E-state index contributed by atoms with van der Waals surface area (Å²) < 4.78 is 0. The lowest BCUT2D eigenvalue weighted by Gasteiger charge is -2.15. The Balaban J connectivity index is 2.28. The van der Waals surface area contributed by atoms with Gasteiger partial charge in [-0.3, -0.25) is 0 Å². The maximum absolute atomic E-state index is 3.54. The number of unbranched alkanes of at least 4 members (excludes halogenated alkanes) is 1. The quantitative estimate of drug-likeness (QED) is 0.710. The standard InChI is InChI=1S/C14H22N/c1-3-5-11-14(4-2)15-12-13-9-7-6-8-10-13/h6-10,15H,3-5,11-12H2,1-2H3. The Kier molecular flexibility index (Phi) is 6.10. The molecule has 0 aromatic heterocycles. The zero-order valence-electron chi connectivity index (χ0n) is 9.92. The van der Waals surface area contributed by atoms with E-state index in [9.17, 15) is 0 Å². The van der Waals surface area contributed by atoms with Crippen LogP contribution in [-0.2, 0) is 6.54 Å². The minimum atomic E-state index is 0.966. The molecule has 0 bridgehead atoms. The third kappa shape index (κ3) is 4.98. The van der Waals surface area contributed by atoms with E-state index in [4.69, 9.17) is 0 Å². The van der Waals surface area contributed by atoms with Crippen LogP contribution in [0.25, 0.3) is 0 Å². The van der Waals surface area contributed by atoms with Gasteiger partial charge in [0.05, 0.1) is 0 Å². The van der Waals surface area contributed by atoms with Gasteiger partial charge in [-0.2, -0.15) is 0 Å². The van der Waals surface area contributed by atoms with Crippen LogP contribution in [0, 0.1) is 6.04 Å². The van der Waals surface area contributed by atoms with Crippen molar-refractivity contribution in [3.8, 4) is 0 Å². The molecular formula is C14H22N. The van der Waals surface area contributed by atoms with Crippen molar-refractivity contribution in [2.24, 2.45) is 0 Å². The molecule has 0 heterocycles. The summed E-state index contributed by atoms with van der Waals surface area (Å²) in [5.41, 5.74) is 1.36. The minimum Gasteiger partial charge on any atom is -0.305 e. The molecule has 1 rings (SSSR count). The van der Waals surface area contributed by atoms with Gasteiger partial charge in [0, 0.05) is 12.6 Å². The normalized spacial score (nSPS) is 10.9. The highest BCUT2D eigenvalue weighted by Crippen LogP contribution is 2.12. The van der Waals surface area contributed by atoms with E-state index in [1.165, 1.54) is 30.9 Å². The Morgan fingerprint density at radius 3 is 2.47 bits per heavy atom. The average molecular weight is 204 g/mol. The molecule has 0 spiro atoms. The molecule has 0 aliphatic heterocycles. The molecule has 1 radical (unpaired) electrons. The van der Waals surface area contributed by atoms with Gasteiger partial charge in [-0.25, -0.2) is 0 Å². The molecule has 0 atom stereocenters. The summed E-state index contributed by atoms with van der Waals surface area (Å²) in [5, 5.41) is 3.54. The van der Waals surface area contributed by atoms with Crippen LogP contribution < -0.4 is 5.32 Å². The van der Waals surface area contributed by atoms with E-state index >= 15 is 0 Å². The lowest BCUT2D eigenvalue weighted by atomic mass is 10.1. The first-order valence-corrected chi connectivity index (χ1v) is 5.99. The second-order valence-corrected chi connectivity index (χ2v) is 3.90. The van der Waals surface area contributed by atoms with Crippen molar-refractivity contribution in [1.82, 2.24) is 5.32 Å². The summed E-state index contributed by atoms with van der Waals surface area (Å²) >= 11 is 0. The Morgan fingerprint density at radius 2 is 1.87 bits per heavy atom. The fourth-order valence-corrected chi connectivity index (χ4v) is 1.60. The van der Waals surface area contributed by atoms with E-state index in [1.54, 1.807) is 0 Å². The molecule has 1 heteroatoms. The molecule has 0 saturated heterocycles. The highest BCUT2D eigenvalue weighted by atomic mass is 14.9. The lowest BCUT2D eigenvalue weighted by molar-refractivity contribution is 0.572. The molecule has 0 unspecified atom stereocenters. The van der Waals surface area contributed by atoms with Gasteiger partial charge in [-0.05, 0) is 18.4 Å². The number of hydrogen-bond donors (Lipinski definition) is 1. The summed E-state index contributed by atoms with van der Waals surface area (Å²) in [5.74, 6) is 0. The third-order valence-corrected chi connectivity index (χ3v) is 2.64. The van der Waals surface area contributed by atoms with E-state index in [2.05, 4.69) is 49.5 Å². The smallest absolute Gasteiger partial charge is 0.0364 e. The Bertz CT molecular complexity index is 243. The SMILES string of the molecule is CCCC[C](CC)NCc1ccccc1. The van der Waals surface area contributed by atoms with Crippen molar-refractivity contribution >= 4 is 0 Å². The van der Waals surface area contributed by atoms with E-state index in [1.807, 2.05) is 0 Å². The zero-order valence-corrected chi connectivity index (χ0v) is 9.92. The first-order valence-electron chi connectivity index (χ1n) is 5.99. The highest BCUT2D eigenvalue weighted by molar-refractivity contribution is 5.14. The Morgan fingerprint density at radius 1 is 1.13 bits per heavy atom. The van der Waals surface area contributed by atoms with Crippen molar-refractivity contribution in [3.05, 3.63) is 41.9 Å². The number of nitrogens with one attached hydrogen (secondary N) is 1. The van der Waals surface area contributed by atoms with E-state index < -0.39 is 0 Å². The van der Waals surface area contributed by atoms with Crippen LogP contribution in [0.1, 0.15) is 45.1 Å². The lowest BCUT2D eigenvalue weighted by Crippen LogP contribution is -2.19. The van der Waals surface area contributed by atoms with E-state index in [0.29, 0.717) is 0 Å². The summed E-state index contributed by atoms with van der Waals surface area (Å²) in [7, 11) is 0. The zero-order chi connectivity index (χ0) is 10.9. The van der Waals surface area contributed by atoms with Crippen LogP contribution in [-0.4, -0.2) is 0 Å². The van der Waals surface area contributed by atoms with Gasteiger partial charge in [0.2, 0.25) is 0 Å². The van der Waals surface area contributed by atoms with Crippen molar-refractivity contribution in [2.75, 3.05) is 0 Å². The first-order chi connectivity index (χ1) is 7.36. The Labute approximate surface area is 93.9 Å². The van der Waals surface area contributed by atoms with Gasteiger partial charge >= 0.3 is 0 Å². The molecule has 1 aromatic rings. The van der Waals surface area contributed by atoms with Crippen molar-refractivity contribution in [2.45, 2.75) is 46.1 Å². The molecule has 0 saturated carbocycles. The fourth-order valence-electron chi connectivity index (χ4n) is 1.60. The fraction of sp³-hybridized carbons (Fsp3) is 0.500. The average Bonchev–Trinajstić information content (AvgIpc) is 2.31. The molecule has 1 N–H and O–H groups in total. The van der Waals surface area contributed by atoms with Gasteiger partial charge in [-0.1, -0.05) is 57.0 Å². The topological polar surface area (TPSA) is 12.0 Å². The molecular weight excluding hydrogens is 182 g/mol. The summed E-state index contributed by atoms with van der Waals surface area (Å²) in [6, 6.07) is 12.1. The van der Waals surface area contributed by atoms with Gasteiger partial charge in [0.1, 0.15) is 0 Å². The van der Waals surface area contributed by atoms with Gasteiger partial charge < -0.3 is 5.32 Å². The maximum atomic E-state index is 3.54. The molecule has 1 nitrogen and oxygen atoms in total. The third-order valence-electron chi connectivity index (χ3n) is 2.64. The maximum Gasteiger partial charge on any atom is 0.0364 e. The Hall–Kier alpha value is -0.820. The van der Waals surface area contributed by atoms with Crippen LogP contribution in [0.5, 0.6) is 0 Å². The highest BCUT2D eigenvalue weighted by Gasteiger charge is 2.04. The minimum absolute atomic E-state index is 0.966. The molecule has 0 fully saturated rings. The first kappa shape index (κ1) is 12.3. The van der Waals surface area contributed by atoms with Crippen LogP contribution in [0.4, 0.5) is 0 Å². The van der Waals surface area contributed by atoms with Crippen LogP contribution >= 0.6 is 0 Å². The second kappa shape index (κ2) is 7.47. The van der Waals surface area contributed by atoms with Gasteiger partial charge in [-0.15, -0.1) is 0 Å². The van der Waals surface area contributed by atoms with Crippen molar-refractivity contribution in [3.63, 3.8) is 0 Å². The van der Waals surface area contributed by atoms with Crippen molar-refractivity contribution < 1.29 is 0 Å². The van der Waals surface area contributed by atoms with E-state index in [0.717, 1.165) is 13.0 Å². The van der Waals surface area contributed by atoms with Crippen LogP contribution in [0.15, 0.2) is 30.3 Å². The molecule has 15 heavy (non-hydrogen) atoms. The number of rotatable bonds is 7. The van der Waals surface area contributed by atoms with Crippen LogP contribution in [0.2, 0.25) is 0 Å². The summed E-state index contributed by atoms with van der Waals surface area (Å²) in [6.07, 6.45) is 4.94. The largest absolute Gasteiger partial charge is 0.305 e. The van der Waals surface area contributed by atoms with Crippen molar-refractivity contribution in [1.29, 1.82) is 0 Å². The van der Waals surface area contributed by atoms with Crippen LogP contribution in [0.3, 0.4) is 0 Å². The molecule has 1 aromatic carbocycles. The second-order valence-electron chi connectivity index (χ2n) is 3.90. The predicted molar refractivity (Wildman–Crippen MR) is 66.3 cm³/mol. The molecule has 83 valence electrons. The number of hydrogen-bond acceptors (Lipinski definition) is 1. The molecule has 0 aliphatic rings. The number of benzene rings is 1. The summed E-state index contributed by atoms with van der Waals surface area (Å²) in [6.45, 7) is 5.43. The van der Waals surface area contributed by atoms with Gasteiger partial charge in [0.25, 0.3) is 0 Å². The summed E-state index contributed by atoms with van der Waals surface area (Å²) in [4.78, 5) is 0. The van der Waals surface area contributed by atoms with E-state index in [-0.39, 0.29) is 0 Å². The van der Waals surface area contributed by atoms with Gasteiger partial charge in [0.15, 0.2) is 0 Å².